The first-order valence-corrected chi connectivity index (χ1v) is 9.28. The first-order chi connectivity index (χ1) is 11.2. The molecule has 3 rings (SSSR count). The van der Waals surface area contributed by atoms with Crippen molar-refractivity contribution in [3.8, 4) is 5.75 Å². The van der Waals surface area contributed by atoms with Crippen molar-refractivity contribution in [3.63, 3.8) is 0 Å². The van der Waals surface area contributed by atoms with Gasteiger partial charge in [-0.2, -0.15) is 0 Å². The summed E-state index contributed by atoms with van der Waals surface area (Å²) < 4.78 is 5.98. The molecule has 0 aliphatic heterocycles. The lowest BCUT2D eigenvalue weighted by Gasteiger charge is -2.27. The zero-order chi connectivity index (χ0) is 16.1. The molecule has 3 heteroatoms. The van der Waals surface area contributed by atoms with Gasteiger partial charge < -0.3 is 9.64 Å². The minimum Gasteiger partial charge on any atom is -0.490 e. The van der Waals surface area contributed by atoms with E-state index in [2.05, 4.69) is 0 Å². The summed E-state index contributed by atoms with van der Waals surface area (Å²) in [5.41, 5.74) is 0.774. The van der Waals surface area contributed by atoms with Gasteiger partial charge in [-0.3, -0.25) is 4.79 Å². The van der Waals surface area contributed by atoms with Crippen LogP contribution >= 0.6 is 0 Å². The molecule has 0 heterocycles. The highest BCUT2D eigenvalue weighted by molar-refractivity contribution is 5.94. The van der Waals surface area contributed by atoms with Crippen LogP contribution in [-0.4, -0.2) is 30.0 Å². The van der Waals surface area contributed by atoms with E-state index < -0.39 is 0 Å². The third-order valence-electron chi connectivity index (χ3n) is 5.40. The van der Waals surface area contributed by atoms with Crippen molar-refractivity contribution in [3.05, 3.63) is 29.8 Å². The van der Waals surface area contributed by atoms with Crippen molar-refractivity contribution in [2.45, 2.75) is 76.4 Å². The van der Waals surface area contributed by atoms with Gasteiger partial charge in [0.1, 0.15) is 5.75 Å². The Bertz CT molecular complexity index is 497. The predicted molar refractivity (Wildman–Crippen MR) is 92.9 cm³/mol. The quantitative estimate of drug-likeness (QED) is 0.747. The molecule has 0 radical (unpaired) electrons. The number of nitrogens with zero attached hydrogens (tertiary/aromatic N) is 1. The molecule has 1 aromatic rings. The van der Waals surface area contributed by atoms with Gasteiger partial charge in [0.25, 0.3) is 5.91 Å². The van der Waals surface area contributed by atoms with E-state index in [-0.39, 0.29) is 5.91 Å². The molecule has 3 nitrogen and oxygen atoms in total. The van der Waals surface area contributed by atoms with Crippen molar-refractivity contribution in [2.75, 3.05) is 7.05 Å². The molecular formula is C20H29NO2. The van der Waals surface area contributed by atoms with Crippen LogP contribution < -0.4 is 4.74 Å². The molecule has 0 aromatic heterocycles. The van der Waals surface area contributed by atoms with Gasteiger partial charge in [-0.1, -0.05) is 25.7 Å². The largest absolute Gasteiger partial charge is 0.490 e. The van der Waals surface area contributed by atoms with Crippen molar-refractivity contribution >= 4 is 5.91 Å². The molecule has 2 aliphatic carbocycles. The Morgan fingerprint density at radius 2 is 1.48 bits per heavy atom. The smallest absolute Gasteiger partial charge is 0.253 e. The molecule has 1 aromatic carbocycles. The summed E-state index contributed by atoms with van der Waals surface area (Å²) >= 11 is 0. The summed E-state index contributed by atoms with van der Waals surface area (Å²) in [5.74, 6) is 1.04. The summed E-state index contributed by atoms with van der Waals surface area (Å²) in [6.07, 6.45) is 12.6. The van der Waals surface area contributed by atoms with E-state index in [9.17, 15) is 4.79 Å². The average molecular weight is 315 g/mol. The minimum absolute atomic E-state index is 0.143. The Balaban J connectivity index is 1.59. The maximum absolute atomic E-state index is 12.7. The second-order valence-electron chi connectivity index (χ2n) is 7.11. The van der Waals surface area contributed by atoms with Gasteiger partial charge in [-0.25, -0.2) is 0 Å². The SMILES string of the molecule is CN(C(=O)c1ccc(OC2CCCC2)cc1)C1CCCCCC1. The van der Waals surface area contributed by atoms with E-state index in [1.807, 2.05) is 36.2 Å². The zero-order valence-electron chi connectivity index (χ0n) is 14.3. The van der Waals surface area contributed by atoms with Crippen LogP contribution in [-0.2, 0) is 0 Å². The van der Waals surface area contributed by atoms with Crippen LogP contribution in [0.15, 0.2) is 24.3 Å². The molecule has 23 heavy (non-hydrogen) atoms. The second-order valence-corrected chi connectivity index (χ2v) is 7.11. The van der Waals surface area contributed by atoms with Crippen LogP contribution in [0.25, 0.3) is 0 Å². The van der Waals surface area contributed by atoms with Gasteiger partial charge in [-0.05, 0) is 62.8 Å². The Hall–Kier alpha value is -1.51. The molecule has 0 saturated heterocycles. The van der Waals surface area contributed by atoms with Gasteiger partial charge in [0.15, 0.2) is 0 Å². The number of ether oxygens (including phenoxy) is 1. The number of carbonyl (C=O) groups excluding carboxylic acids is 1. The van der Waals surface area contributed by atoms with Gasteiger partial charge in [0.2, 0.25) is 0 Å². The van der Waals surface area contributed by atoms with Crippen LogP contribution in [0.1, 0.15) is 74.6 Å². The van der Waals surface area contributed by atoms with Crippen LogP contribution in [0, 0.1) is 0 Å². The van der Waals surface area contributed by atoms with Crippen molar-refractivity contribution < 1.29 is 9.53 Å². The number of hydrogen-bond donors (Lipinski definition) is 0. The summed E-state index contributed by atoms with van der Waals surface area (Å²) in [7, 11) is 1.96. The Morgan fingerprint density at radius 3 is 2.09 bits per heavy atom. The molecule has 0 unspecified atom stereocenters. The van der Waals surface area contributed by atoms with Crippen LogP contribution in [0.5, 0.6) is 5.75 Å². The lowest BCUT2D eigenvalue weighted by molar-refractivity contribution is 0.0717. The summed E-state index contributed by atoms with van der Waals surface area (Å²) in [5, 5.41) is 0. The van der Waals surface area contributed by atoms with E-state index in [4.69, 9.17) is 4.74 Å². The van der Waals surface area contributed by atoms with Gasteiger partial charge >= 0.3 is 0 Å². The lowest BCUT2D eigenvalue weighted by Crippen LogP contribution is -2.36. The lowest BCUT2D eigenvalue weighted by atomic mass is 10.1. The first-order valence-electron chi connectivity index (χ1n) is 9.28. The molecule has 1 amide bonds. The molecule has 2 aliphatic rings. The molecule has 0 N–H and O–H groups in total. The standard InChI is InChI=1S/C20H29NO2/c1-21(17-8-4-2-3-5-9-17)20(22)16-12-14-19(15-13-16)23-18-10-6-7-11-18/h12-15,17-18H,2-11H2,1H3. The van der Waals surface area contributed by atoms with E-state index in [0.29, 0.717) is 12.1 Å². The number of carbonyl (C=O) groups is 1. The maximum Gasteiger partial charge on any atom is 0.253 e. The van der Waals surface area contributed by atoms with Crippen LogP contribution in [0.4, 0.5) is 0 Å². The van der Waals surface area contributed by atoms with E-state index in [1.54, 1.807) is 0 Å². The third-order valence-corrected chi connectivity index (χ3v) is 5.40. The number of amides is 1. The summed E-state index contributed by atoms with van der Waals surface area (Å²) in [4.78, 5) is 14.7. The van der Waals surface area contributed by atoms with E-state index >= 15 is 0 Å². The maximum atomic E-state index is 12.7. The highest BCUT2D eigenvalue weighted by Gasteiger charge is 2.22. The normalized spacial score (nSPS) is 20.2. The first kappa shape index (κ1) is 16.4. The van der Waals surface area contributed by atoms with Gasteiger partial charge in [-0.15, -0.1) is 0 Å². The second kappa shape index (κ2) is 7.85. The number of hydrogen-bond acceptors (Lipinski definition) is 2. The van der Waals surface area contributed by atoms with Crippen molar-refractivity contribution in [1.82, 2.24) is 4.90 Å². The molecule has 126 valence electrons. The van der Waals surface area contributed by atoms with Crippen LogP contribution in [0.2, 0.25) is 0 Å². The highest BCUT2D eigenvalue weighted by atomic mass is 16.5. The van der Waals surface area contributed by atoms with Crippen LogP contribution in [0.3, 0.4) is 0 Å². The molecule has 2 fully saturated rings. The van der Waals surface area contributed by atoms with Crippen molar-refractivity contribution in [1.29, 1.82) is 0 Å². The number of benzene rings is 1. The topological polar surface area (TPSA) is 29.5 Å². The minimum atomic E-state index is 0.143. The van der Waals surface area contributed by atoms with E-state index in [1.165, 1.54) is 38.5 Å². The Morgan fingerprint density at radius 1 is 0.913 bits per heavy atom. The monoisotopic (exact) mass is 315 g/mol. The van der Waals surface area contributed by atoms with Crippen molar-refractivity contribution in [2.24, 2.45) is 0 Å². The van der Waals surface area contributed by atoms with Gasteiger partial charge in [0.05, 0.1) is 6.10 Å². The Labute approximate surface area is 140 Å². The predicted octanol–water partition coefficient (Wildman–Crippen LogP) is 4.80. The Kier molecular flexibility index (Phi) is 5.58. The molecule has 2 saturated carbocycles. The molecular weight excluding hydrogens is 286 g/mol. The molecule has 0 bridgehead atoms. The third kappa shape index (κ3) is 4.27. The number of rotatable bonds is 4. The zero-order valence-corrected chi connectivity index (χ0v) is 14.3. The van der Waals surface area contributed by atoms with E-state index in [0.717, 1.165) is 37.0 Å². The average Bonchev–Trinajstić information content (AvgIpc) is 2.94. The molecule has 0 atom stereocenters. The fraction of sp³-hybridized carbons (Fsp3) is 0.650. The molecule has 0 spiro atoms. The summed E-state index contributed by atoms with van der Waals surface area (Å²) in [6, 6.07) is 8.14. The summed E-state index contributed by atoms with van der Waals surface area (Å²) in [6.45, 7) is 0. The fourth-order valence-electron chi connectivity index (χ4n) is 3.89. The van der Waals surface area contributed by atoms with Gasteiger partial charge in [0, 0.05) is 18.7 Å². The fourth-order valence-corrected chi connectivity index (χ4v) is 3.89. The highest BCUT2D eigenvalue weighted by Crippen LogP contribution is 2.25.